The van der Waals surface area contributed by atoms with Gasteiger partial charge >= 0.3 is 0 Å². The third kappa shape index (κ3) is 9.00. The van der Waals surface area contributed by atoms with Crippen LogP contribution in [0.3, 0.4) is 0 Å². The fraction of sp³-hybridized carbons (Fsp3) is 0. The predicted octanol–water partition coefficient (Wildman–Crippen LogP) is 13.0. The Labute approximate surface area is 449 Å². The topological polar surface area (TPSA) is 6.48 Å². The molecule has 12 aromatic rings. The van der Waals surface area contributed by atoms with Crippen LogP contribution in [0.5, 0.6) is 0 Å². The van der Waals surface area contributed by atoms with Gasteiger partial charge in [0, 0.05) is 34.1 Å². The summed E-state index contributed by atoms with van der Waals surface area (Å²) in [5.41, 5.74) is 8.91. The Morgan fingerprint density at radius 1 is 0.145 bits per heavy atom. The summed E-state index contributed by atoms with van der Waals surface area (Å²) in [7, 11) is -5.35. The van der Waals surface area contributed by atoms with Crippen molar-refractivity contribution in [3.05, 3.63) is 340 Å². The Morgan fingerprint density at radius 3 is 0.513 bits per heavy atom. The Balaban J connectivity index is 0.876. The molecule has 0 radical (unpaired) electrons. The van der Waals surface area contributed by atoms with Gasteiger partial charge in [0.1, 0.15) is 0 Å². The zero-order valence-corrected chi connectivity index (χ0v) is 44.2. The minimum absolute atomic E-state index is 1.09. The molecule has 362 valence electrons. The summed E-state index contributed by atoms with van der Waals surface area (Å²) in [5, 5.41) is 10.8. The van der Waals surface area contributed by atoms with Crippen molar-refractivity contribution in [2.45, 2.75) is 0 Å². The van der Waals surface area contributed by atoms with Crippen LogP contribution in [0.1, 0.15) is 0 Å². The van der Waals surface area contributed by atoms with Crippen molar-refractivity contribution in [2.24, 2.45) is 0 Å². The number of rotatable bonds is 15. The van der Waals surface area contributed by atoms with Crippen LogP contribution in [0.15, 0.2) is 340 Å². The molecule has 0 fully saturated rings. The van der Waals surface area contributed by atoms with Crippen LogP contribution in [-0.4, -0.2) is 16.1 Å². The van der Waals surface area contributed by atoms with E-state index < -0.39 is 16.1 Å². The van der Waals surface area contributed by atoms with Gasteiger partial charge in [-0.1, -0.05) is 267 Å². The van der Waals surface area contributed by atoms with Crippen molar-refractivity contribution in [2.75, 3.05) is 9.80 Å². The second kappa shape index (κ2) is 21.6. The van der Waals surface area contributed by atoms with E-state index in [1.54, 1.807) is 0 Å². The lowest BCUT2D eigenvalue weighted by Gasteiger charge is -2.35. The first kappa shape index (κ1) is 47.7. The Hall–Kier alpha value is -9.33. The van der Waals surface area contributed by atoms with Gasteiger partial charge in [0.25, 0.3) is 0 Å². The van der Waals surface area contributed by atoms with Crippen LogP contribution in [0, 0.1) is 0 Å². The van der Waals surface area contributed by atoms with E-state index in [1.165, 1.54) is 41.5 Å². The van der Waals surface area contributed by atoms with E-state index in [1.807, 2.05) is 0 Å². The van der Waals surface area contributed by atoms with Crippen molar-refractivity contribution < 1.29 is 0 Å². The molecule has 76 heavy (non-hydrogen) atoms. The average Bonchev–Trinajstić information content (AvgIpc) is 3.58. The lowest BCUT2D eigenvalue weighted by molar-refractivity contribution is 1.28. The van der Waals surface area contributed by atoms with E-state index in [9.17, 15) is 0 Å². The molecule has 0 aliphatic carbocycles. The first-order chi connectivity index (χ1) is 37.7. The zero-order chi connectivity index (χ0) is 51.0. The van der Waals surface area contributed by atoms with Crippen molar-refractivity contribution in [3.63, 3.8) is 0 Å². The first-order valence-electron chi connectivity index (χ1n) is 26.2. The molecule has 0 aliphatic rings. The van der Waals surface area contributed by atoms with Crippen LogP contribution >= 0.6 is 0 Å². The summed E-state index contributed by atoms with van der Waals surface area (Å²) in [5.74, 6) is 0. The SMILES string of the molecule is c1ccc(N(c2ccc(-c3ccc(N(c4ccccc4)c4ccc([Si](c5ccccc5)(c5ccccc5)c5ccccc5)cc4)cc3)cc2)c2ccc([Si](c3ccccc3)(c3ccccc3)c3ccccc3)cc2)cc1. The van der Waals surface area contributed by atoms with E-state index in [2.05, 4.69) is 350 Å². The van der Waals surface area contributed by atoms with Gasteiger partial charge in [-0.05, 0) is 125 Å². The van der Waals surface area contributed by atoms with Gasteiger partial charge < -0.3 is 9.80 Å². The second-order valence-corrected chi connectivity index (χ2v) is 26.8. The standard InChI is InChI=1S/C72H56N2Si2/c1-9-25-59(26-10-1)73(63-49-53-71(54-50-63)75(65-29-13-3-14-30-65,66-31-15-4-16-32-66)67-33-17-5-18-34-67)61-45-41-57(42-46-61)58-43-47-62(48-44-58)74(60-27-11-2-12-28-60)64-51-55-72(56-52-64)76(68-35-19-6-20-36-68,69-37-21-7-22-38-69)70-39-23-8-24-40-70/h1-56H. The molecule has 0 saturated carbocycles. The fourth-order valence-corrected chi connectivity index (χ4v) is 21.0. The molecule has 0 aromatic heterocycles. The van der Waals surface area contributed by atoms with Crippen molar-refractivity contribution in [1.29, 1.82) is 0 Å². The van der Waals surface area contributed by atoms with Crippen LogP contribution in [0.4, 0.5) is 34.1 Å². The molecular formula is C72H56N2Si2. The second-order valence-electron chi connectivity index (χ2n) is 19.2. The van der Waals surface area contributed by atoms with Gasteiger partial charge in [0.2, 0.25) is 0 Å². The van der Waals surface area contributed by atoms with E-state index in [0.717, 1.165) is 45.3 Å². The van der Waals surface area contributed by atoms with Crippen molar-refractivity contribution >= 4 is 91.8 Å². The number of hydrogen-bond acceptors (Lipinski definition) is 2. The highest BCUT2D eigenvalue weighted by Gasteiger charge is 2.42. The zero-order valence-electron chi connectivity index (χ0n) is 42.2. The monoisotopic (exact) mass is 1000 g/mol. The van der Waals surface area contributed by atoms with Crippen molar-refractivity contribution in [1.82, 2.24) is 0 Å². The van der Waals surface area contributed by atoms with E-state index >= 15 is 0 Å². The number of benzene rings is 12. The number of anilines is 6. The highest BCUT2D eigenvalue weighted by atomic mass is 28.3. The smallest absolute Gasteiger partial charge is 0.179 e. The third-order valence-corrected chi connectivity index (χ3v) is 24.6. The van der Waals surface area contributed by atoms with Crippen molar-refractivity contribution in [3.8, 4) is 11.1 Å². The predicted molar refractivity (Wildman–Crippen MR) is 328 cm³/mol. The molecule has 0 heterocycles. The van der Waals surface area contributed by atoms with Gasteiger partial charge in [-0.3, -0.25) is 0 Å². The minimum Gasteiger partial charge on any atom is -0.311 e. The summed E-state index contributed by atoms with van der Waals surface area (Å²) < 4.78 is 0. The number of para-hydroxylation sites is 2. The van der Waals surface area contributed by atoms with Gasteiger partial charge in [-0.25, -0.2) is 0 Å². The molecule has 4 heteroatoms. The summed E-state index contributed by atoms with van der Waals surface area (Å²) in [4.78, 5) is 4.73. The van der Waals surface area contributed by atoms with Gasteiger partial charge in [0.15, 0.2) is 16.1 Å². The van der Waals surface area contributed by atoms with E-state index in [-0.39, 0.29) is 0 Å². The third-order valence-electron chi connectivity index (χ3n) is 15.0. The quantitative estimate of drug-likeness (QED) is 0.0746. The molecule has 0 spiro atoms. The largest absolute Gasteiger partial charge is 0.311 e. The molecule has 0 unspecified atom stereocenters. The lowest BCUT2D eigenvalue weighted by atomic mass is 10.0. The van der Waals surface area contributed by atoms with Gasteiger partial charge in [-0.15, -0.1) is 0 Å². The van der Waals surface area contributed by atoms with E-state index in [4.69, 9.17) is 0 Å². The number of hydrogen-bond donors (Lipinski definition) is 0. The van der Waals surface area contributed by atoms with E-state index in [0.29, 0.717) is 0 Å². The van der Waals surface area contributed by atoms with Crippen LogP contribution < -0.4 is 51.3 Å². The molecule has 0 bridgehead atoms. The molecule has 12 rings (SSSR count). The average molecular weight is 1010 g/mol. The Bertz CT molecular complexity index is 3290. The molecule has 0 saturated heterocycles. The fourth-order valence-electron chi connectivity index (χ4n) is 11.5. The van der Waals surface area contributed by atoms with Crippen LogP contribution in [0.25, 0.3) is 11.1 Å². The minimum atomic E-state index is -2.68. The van der Waals surface area contributed by atoms with Gasteiger partial charge in [0.05, 0.1) is 0 Å². The van der Waals surface area contributed by atoms with Gasteiger partial charge in [-0.2, -0.15) is 0 Å². The number of nitrogens with zero attached hydrogens (tertiary/aromatic N) is 2. The maximum Gasteiger partial charge on any atom is 0.179 e. The highest BCUT2D eigenvalue weighted by molar-refractivity contribution is 7.20. The molecule has 12 aromatic carbocycles. The summed E-state index contributed by atoms with van der Waals surface area (Å²) in [6.07, 6.45) is 0. The first-order valence-corrected chi connectivity index (χ1v) is 30.2. The van der Waals surface area contributed by atoms with Crippen LogP contribution in [0.2, 0.25) is 0 Å². The van der Waals surface area contributed by atoms with Crippen LogP contribution in [-0.2, 0) is 0 Å². The normalized spacial score (nSPS) is 11.4. The molecule has 0 amide bonds. The lowest BCUT2D eigenvalue weighted by Crippen LogP contribution is -2.74. The summed E-state index contributed by atoms with van der Waals surface area (Å²) in [6.45, 7) is 0. The Kier molecular flexibility index (Phi) is 13.6. The maximum atomic E-state index is 2.38. The molecule has 0 atom stereocenters. The summed E-state index contributed by atoms with van der Waals surface area (Å²) in [6, 6.07) is 125. The molecular weight excluding hydrogens is 949 g/mol. The molecule has 0 N–H and O–H groups in total. The highest BCUT2D eigenvalue weighted by Crippen LogP contribution is 2.38. The molecule has 2 nitrogen and oxygen atoms in total. The summed E-state index contributed by atoms with van der Waals surface area (Å²) >= 11 is 0. The molecule has 0 aliphatic heterocycles. The maximum absolute atomic E-state index is 2.68. The Morgan fingerprint density at radius 2 is 0.303 bits per heavy atom.